The molecule has 8 heteroatoms. The second kappa shape index (κ2) is 8.35. The van der Waals surface area contributed by atoms with Crippen molar-refractivity contribution in [2.45, 2.75) is 44.9 Å². The van der Waals surface area contributed by atoms with Crippen molar-refractivity contribution in [2.24, 2.45) is 0 Å². The van der Waals surface area contributed by atoms with E-state index in [1.54, 1.807) is 29.6 Å². The molecule has 0 atom stereocenters. The fraction of sp³-hybridized carbons (Fsp3) is 0.364. The lowest BCUT2D eigenvalue weighted by Gasteiger charge is -2.26. The molecular formula is C22H23F2NO4S. The van der Waals surface area contributed by atoms with Crippen LogP contribution >= 0.6 is 0 Å². The molecule has 5 nitrogen and oxygen atoms in total. The normalized spacial score (nSPS) is 16.4. The highest BCUT2D eigenvalue weighted by Gasteiger charge is 2.39. The molecule has 0 amide bonds. The van der Waals surface area contributed by atoms with E-state index in [0.29, 0.717) is 24.3 Å². The summed E-state index contributed by atoms with van der Waals surface area (Å²) in [5.74, 6) is 0.809. The maximum absolute atomic E-state index is 13.4. The number of sulfonamides is 1. The minimum Gasteiger partial charge on any atom is -0.497 e. The van der Waals surface area contributed by atoms with Gasteiger partial charge < -0.3 is 9.47 Å². The molecule has 1 fully saturated rings. The number of hydrogen-bond acceptors (Lipinski definition) is 4. The third kappa shape index (κ3) is 4.49. The van der Waals surface area contributed by atoms with Gasteiger partial charge in [0.05, 0.1) is 12.0 Å². The standard InChI is InChI=1S/C22H23F2NO4S/c1-28-19-8-2-15(3-9-19)14-25(18-6-7-18)30(26,27)21-11-5-16-12-20(29-22(23)24)10-4-17(16)13-21/h2-4,8-10,12-13,18,22H,5-7,11,14H2,1H3. The first kappa shape index (κ1) is 20.8. The van der Waals surface area contributed by atoms with Crippen LogP contribution in [-0.2, 0) is 23.0 Å². The van der Waals surface area contributed by atoms with Gasteiger partial charge in [0.25, 0.3) is 0 Å². The summed E-state index contributed by atoms with van der Waals surface area (Å²) in [6.07, 6.45) is 4.16. The first-order chi connectivity index (χ1) is 14.4. The fourth-order valence-electron chi connectivity index (χ4n) is 3.66. The molecule has 0 aromatic heterocycles. The van der Waals surface area contributed by atoms with Crippen molar-refractivity contribution in [1.29, 1.82) is 0 Å². The Morgan fingerprint density at radius 1 is 1.07 bits per heavy atom. The van der Waals surface area contributed by atoms with E-state index in [4.69, 9.17) is 4.74 Å². The minimum absolute atomic E-state index is 0.0150. The molecule has 0 aliphatic heterocycles. The van der Waals surface area contributed by atoms with E-state index in [9.17, 15) is 17.2 Å². The van der Waals surface area contributed by atoms with Gasteiger partial charge >= 0.3 is 6.61 Å². The summed E-state index contributed by atoms with van der Waals surface area (Å²) >= 11 is 0. The topological polar surface area (TPSA) is 55.8 Å². The van der Waals surface area contributed by atoms with Gasteiger partial charge in [-0.1, -0.05) is 18.2 Å². The van der Waals surface area contributed by atoms with Crippen molar-refractivity contribution >= 4 is 16.1 Å². The van der Waals surface area contributed by atoms with Crippen molar-refractivity contribution in [3.8, 4) is 11.5 Å². The van der Waals surface area contributed by atoms with Crippen LogP contribution in [0, 0.1) is 0 Å². The van der Waals surface area contributed by atoms with Gasteiger partial charge in [0.15, 0.2) is 0 Å². The average Bonchev–Trinajstić information content (AvgIpc) is 3.56. The SMILES string of the molecule is COc1ccc(CN(C2CC2)S(=O)(=O)C2=Cc3ccc(OC(F)F)cc3CC2)cc1. The zero-order valence-corrected chi connectivity index (χ0v) is 17.4. The van der Waals surface area contributed by atoms with E-state index in [-0.39, 0.29) is 11.8 Å². The Balaban J connectivity index is 1.58. The molecule has 2 aliphatic rings. The Hall–Kier alpha value is -2.45. The van der Waals surface area contributed by atoms with Crippen molar-refractivity contribution in [3.05, 3.63) is 64.1 Å². The fourth-order valence-corrected chi connectivity index (χ4v) is 5.52. The van der Waals surface area contributed by atoms with E-state index in [0.717, 1.165) is 35.3 Å². The molecule has 0 N–H and O–H groups in total. The van der Waals surface area contributed by atoms with Crippen molar-refractivity contribution in [3.63, 3.8) is 0 Å². The van der Waals surface area contributed by atoms with Crippen LogP contribution in [0.3, 0.4) is 0 Å². The van der Waals surface area contributed by atoms with Crippen LogP contribution in [0.15, 0.2) is 47.4 Å². The average molecular weight is 435 g/mol. The zero-order chi connectivity index (χ0) is 21.3. The molecule has 4 rings (SSSR count). The van der Waals surface area contributed by atoms with Crippen molar-refractivity contribution < 1.29 is 26.7 Å². The van der Waals surface area contributed by atoms with E-state index in [1.807, 2.05) is 24.3 Å². The van der Waals surface area contributed by atoms with E-state index >= 15 is 0 Å². The van der Waals surface area contributed by atoms with Crippen LogP contribution in [-0.4, -0.2) is 32.5 Å². The zero-order valence-electron chi connectivity index (χ0n) is 16.6. The van der Waals surface area contributed by atoms with Crippen LogP contribution in [0.2, 0.25) is 0 Å². The predicted molar refractivity (Wildman–Crippen MR) is 110 cm³/mol. The summed E-state index contributed by atoms with van der Waals surface area (Å²) in [4.78, 5) is 0.359. The van der Waals surface area contributed by atoms with E-state index < -0.39 is 16.6 Å². The molecule has 0 spiro atoms. The van der Waals surface area contributed by atoms with E-state index in [1.165, 1.54) is 6.07 Å². The molecule has 0 unspecified atom stereocenters. The monoisotopic (exact) mass is 435 g/mol. The molecule has 2 aliphatic carbocycles. The maximum atomic E-state index is 13.4. The van der Waals surface area contributed by atoms with Gasteiger partial charge in [-0.2, -0.15) is 13.1 Å². The Labute approximate surface area is 175 Å². The van der Waals surface area contributed by atoms with Crippen LogP contribution in [0.25, 0.3) is 6.08 Å². The third-order valence-corrected chi connectivity index (χ3v) is 7.42. The molecular weight excluding hydrogens is 412 g/mol. The van der Waals surface area contributed by atoms with Gasteiger partial charge in [-0.05, 0) is 72.7 Å². The lowest BCUT2D eigenvalue weighted by molar-refractivity contribution is -0.0498. The highest BCUT2D eigenvalue weighted by Crippen LogP contribution is 2.37. The molecule has 30 heavy (non-hydrogen) atoms. The number of nitrogens with zero attached hydrogens (tertiary/aromatic N) is 1. The van der Waals surface area contributed by atoms with Crippen LogP contribution in [0.1, 0.15) is 36.0 Å². The molecule has 0 radical (unpaired) electrons. The summed E-state index contributed by atoms with van der Waals surface area (Å²) in [6, 6.07) is 12.0. The third-order valence-electron chi connectivity index (χ3n) is 5.39. The summed E-state index contributed by atoms with van der Waals surface area (Å²) in [6.45, 7) is -2.58. The quantitative estimate of drug-likeness (QED) is 0.609. The Kier molecular flexibility index (Phi) is 5.79. The van der Waals surface area contributed by atoms with Crippen LogP contribution in [0.4, 0.5) is 8.78 Å². The van der Waals surface area contributed by atoms with Gasteiger partial charge in [0, 0.05) is 12.6 Å². The van der Waals surface area contributed by atoms with Gasteiger partial charge in [0.1, 0.15) is 11.5 Å². The number of fused-ring (bicyclic) bond motifs is 1. The second-order valence-corrected chi connectivity index (χ2v) is 9.42. The summed E-state index contributed by atoms with van der Waals surface area (Å²) in [5, 5.41) is 0. The number of benzene rings is 2. The van der Waals surface area contributed by atoms with E-state index in [2.05, 4.69) is 4.74 Å². The number of rotatable bonds is 8. The molecule has 2 aromatic rings. The number of methoxy groups -OCH3 is 1. The van der Waals surface area contributed by atoms with Crippen LogP contribution < -0.4 is 9.47 Å². The second-order valence-electron chi connectivity index (χ2n) is 7.48. The highest BCUT2D eigenvalue weighted by molar-refractivity contribution is 7.93. The summed E-state index contributed by atoms with van der Waals surface area (Å²) < 4.78 is 62.9. The minimum atomic E-state index is -3.63. The lowest BCUT2D eigenvalue weighted by atomic mass is 9.97. The van der Waals surface area contributed by atoms with Crippen molar-refractivity contribution in [1.82, 2.24) is 4.31 Å². The number of aryl methyl sites for hydroxylation is 1. The smallest absolute Gasteiger partial charge is 0.387 e. The number of alkyl halides is 2. The lowest BCUT2D eigenvalue weighted by Crippen LogP contribution is -2.34. The number of hydrogen-bond donors (Lipinski definition) is 0. The van der Waals surface area contributed by atoms with Crippen molar-refractivity contribution in [2.75, 3.05) is 7.11 Å². The molecule has 160 valence electrons. The van der Waals surface area contributed by atoms with Crippen LogP contribution in [0.5, 0.6) is 11.5 Å². The van der Waals surface area contributed by atoms with Gasteiger partial charge in [-0.25, -0.2) is 8.42 Å². The van der Waals surface area contributed by atoms with Gasteiger partial charge in [-0.15, -0.1) is 0 Å². The predicted octanol–water partition coefficient (Wildman–Crippen LogP) is 4.58. The Morgan fingerprint density at radius 3 is 2.40 bits per heavy atom. The molecule has 0 heterocycles. The Morgan fingerprint density at radius 2 is 1.77 bits per heavy atom. The molecule has 0 saturated heterocycles. The number of ether oxygens (including phenoxy) is 2. The summed E-state index contributed by atoms with van der Waals surface area (Å²) in [7, 11) is -2.05. The largest absolute Gasteiger partial charge is 0.497 e. The number of halogens is 2. The molecule has 0 bridgehead atoms. The molecule has 2 aromatic carbocycles. The maximum Gasteiger partial charge on any atom is 0.387 e. The summed E-state index contributed by atoms with van der Waals surface area (Å²) in [5.41, 5.74) is 2.43. The first-order valence-electron chi connectivity index (χ1n) is 9.80. The Bertz CT molecular complexity index is 1050. The molecule has 1 saturated carbocycles. The van der Waals surface area contributed by atoms with Gasteiger partial charge in [0.2, 0.25) is 10.0 Å². The van der Waals surface area contributed by atoms with Gasteiger partial charge in [-0.3, -0.25) is 0 Å². The highest BCUT2D eigenvalue weighted by atomic mass is 32.2. The first-order valence-corrected chi connectivity index (χ1v) is 11.2. The number of allylic oxidation sites excluding steroid dienone is 1.